The second-order valence-corrected chi connectivity index (χ2v) is 13.2. The molecule has 0 amide bonds. The van der Waals surface area contributed by atoms with E-state index in [2.05, 4.69) is 115 Å². The predicted molar refractivity (Wildman–Crippen MR) is 211 cm³/mol. The molecule has 11 aromatic rings. The number of para-hydroxylation sites is 2. The fraction of sp³-hybridized carbons (Fsp3) is 0. The van der Waals surface area contributed by atoms with Gasteiger partial charge in [-0.3, -0.25) is 0 Å². The lowest BCUT2D eigenvalue weighted by Gasteiger charge is -2.12. The normalized spacial score (nSPS) is 11.8. The molecule has 11 rings (SSSR count). The summed E-state index contributed by atoms with van der Waals surface area (Å²) < 4.78 is 12.9. The van der Waals surface area contributed by atoms with Gasteiger partial charge in [-0.2, -0.15) is 0 Å². The Balaban J connectivity index is 1.22. The first-order chi connectivity index (χ1) is 25.7. The molecule has 0 aliphatic heterocycles. The zero-order valence-corrected chi connectivity index (χ0v) is 27.7. The Morgan fingerprint density at radius 1 is 0.308 bits per heavy atom. The number of fused-ring (bicyclic) bond motifs is 8. The molecule has 0 bridgehead atoms. The van der Waals surface area contributed by atoms with Gasteiger partial charge in [-0.15, -0.1) is 0 Å². The molecule has 0 unspecified atom stereocenters. The highest BCUT2D eigenvalue weighted by Gasteiger charge is 2.22. The first-order valence-corrected chi connectivity index (χ1v) is 17.3. The van der Waals surface area contributed by atoms with Crippen molar-refractivity contribution >= 4 is 65.4 Å². The number of rotatable bonds is 4. The van der Waals surface area contributed by atoms with Crippen LogP contribution in [0.4, 0.5) is 0 Å². The van der Waals surface area contributed by atoms with Gasteiger partial charge in [0.15, 0.2) is 17.5 Å². The molecule has 8 aromatic carbocycles. The van der Waals surface area contributed by atoms with Gasteiger partial charge >= 0.3 is 0 Å². The molecule has 0 aliphatic carbocycles. The lowest BCUT2D eigenvalue weighted by atomic mass is 9.96. The zero-order valence-electron chi connectivity index (χ0n) is 27.7. The number of hydrogen-bond acceptors (Lipinski definition) is 5. The van der Waals surface area contributed by atoms with Crippen LogP contribution in [0, 0.1) is 0 Å². The van der Waals surface area contributed by atoms with Gasteiger partial charge in [0.1, 0.15) is 22.3 Å². The smallest absolute Gasteiger partial charge is 0.164 e. The maximum Gasteiger partial charge on any atom is 0.164 e. The largest absolute Gasteiger partial charge is 0.456 e. The monoisotopic (exact) mass is 665 g/mol. The van der Waals surface area contributed by atoms with Crippen LogP contribution in [-0.4, -0.2) is 15.0 Å². The number of hydrogen-bond donors (Lipinski definition) is 0. The van der Waals surface area contributed by atoms with Crippen LogP contribution in [0.2, 0.25) is 0 Å². The van der Waals surface area contributed by atoms with E-state index in [1.54, 1.807) is 0 Å². The molecule has 5 nitrogen and oxygen atoms in total. The minimum absolute atomic E-state index is 0.567. The minimum atomic E-state index is 0.567. The lowest BCUT2D eigenvalue weighted by molar-refractivity contribution is 0.668. The van der Waals surface area contributed by atoms with Crippen LogP contribution in [0.25, 0.3) is 111 Å². The summed E-state index contributed by atoms with van der Waals surface area (Å²) in [6.07, 6.45) is 0. The van der Waals surface area contributed by atoms with E-state index in [0.717, 1.165) is 82.5 Å². The van der Waals surface area contributed by atoms with Crippen LogP contribution in [0.15, 0.2) is 173 Å². The van der Waals surface area contributed by atoms with Gasteiger partial charge in [-0.25, -0.2) is 15.0 Å². The van der Waals surface area contributed by atoms with Crippen LogP contribution in [0.1, 0.15) is 0 Å². The van der Waals surface area contributed by atoms with Gasteiger partial charge < -0.3 is 8.83 Å². The summed E-state index contributed by atoms with van der Waals surface area (Å²) in [6.45, 7) is 0. The molecule has 52 heavy (non-hydrogen) atoms. The third kappa shape index (κ3) is 4.53. The summed E-state index contributed by atoms with van der Waals surface area (Å²) in [4.78, 5) is 15.8. The van der Waals surface area contributed by atoms with Crippen molar-refractivity contribution in [3.8, 4) is 45.3 Å². The second-order valence-electron chi connectivity index (χ2n) is 13.2. The summed E-state index contributed by atoms with van der Waals surface area (Å²) in [5.41, 5.74) is 7.97. The standard InChI is InChI=1S/C47H27N3O2/c1-3-12-30-24-32(22-20-28(30)10-1)34-26-38(44-36-15-6-8-18-40(36)52-42(44)27-34)47-49-45(33-23-21-29-11-2-4-13-31(29)25-33)48-46(50-47)37-16-9-19-41-43(37)35-14-5-7-17-39(35)51-41/h1-27H. The van der Waals surface area contributed by atoms with E-state index in [1.807, 2.05) is 48.5 Å². The summed E-state index contributed by atoms with van der Waals surface area (Å²) in [7, 11) is 0. The van der Waals surface area contributed by atoms with Crippen molar-refractivity contribution in [2.24, 2.45) is 0 Å². The Hall–Kier alpha value is -7.11. The van der Waals surface area contributed by atoms with Gasteiger partial charge in [0, 0.05) is 38.2 Å². The molecule has 0 saturated heterocycles. The van der Waals surface area contributed by atoms with Crippen molar-refractivity contribution in [1.29, 1.82) is 0 Å². The lowest BCUT2D eigenvalue weighted by Crippen LogP contribution is -2.01. The van der Waals surface area contributed by atoms with E-state index in [0.29, 0.717) is 17.5 Å². The van der Waals surface area contributed by atoms with Crippen molar-refractivity contribution in [1.82, 2.24) is 15.0 Å². The predicted octanol–water partition coefficient (Wildman–Crippen LogP) is 12.6. The van der Waals surface area contributed by atoms with E-state index in [1.165, 1.54) is 10.8 Å². The fourth-order valence-corrected chi connectivity index (χ4v) is 7.60. The maximum atomic E-state index is 6.55. The van der Waals surface area contributed by atoms with Crippen LogP contribution in [0.5, 0.6) is 0 Å². The van der Waals surface area contributed by atoms with Crippen molar-refractivity contribution in [3.63, 3.8) is 0 Å². The first-order valence-electron chi connectivity index (χ1n) is 17.3. The topological polar surface area (TPSA) is 65.0 Å². The number of benzene rings is 8. The molecule has 3 heterocycles. The van der Waals surface area contributed by atoms with E-state index >= 15 is 0 Å². The maximum absolute atomic E-state index is 6.55. The van der Waals surface area contributed by atoms with Crippen molar-refractivity contribution in [2.75, 3.05) is 0 Å². The van der Waals surface area contributed by atoms with Crippen LogP contribution in [0.3, 0.4) is 0 Å². The molecule has 0 saturated carbocycles. The summed E-state index contributed by atoms with van der Waals surface area (Å²) >= 11 is 0. The van der Waals surface area contributed by atoms with Crippen molar-refractivity contribution in [3.05, 3.63) is 164 Å². The molecular formula is C47H27N3O2. The fourth-order valence-electron chi connectivity index (χ4n) is 7.60. The van der Waals surface area contributed by atoms with Gasteiger partial charge in [0.25, 0.3) is 0 Å². The molecule has 0 N–H and O–H groups in total. The molecule has 0 radical (unpaired) electrons. The Bertz CT molecular complexity index is 3210. The summed E-state index contributed by atoms with van der Waals surface area (Å²) in [5, 5.41) is 8.61. The Morgan fingerprint density at radius 3 is 1.54 bits per heavy atom. The van der Waals surface area contributed by atoms with Crippen LogP contribution in [-0.2, 0) is 0 Å². The van der Waals surface area contributed by atoms with Gasteiger partial charge in [-0.05, 0) is 75.1 Å². The molecule has 0 fully saturated rings. The number of aromatic nitrogens is 3. The average Bonchev–Trinajstić information content (AvgIpc) is 3.78. The highest BCUT2D eigenvalue weighted by molar-refractivity contribution is 6.14. The first kappa shape index (κ1) is 28.7. The molecule has 5 heteroatoms. The third-order valence-electron chi connectivity index (χ3n) is 10.1. The SMILES string of the molecule is c1ccc2cc(-c3cc(-c4nc(-c5ccc6ccccc6c5)nc(-c5cccc6oc7ccccc7c56)n4)c4c(c3)oc3ccccc34)ccc2c1. The zero-order chi connectivity index (χ0) is 34.2. The molecule has 0 aliphatic rings. The highest BCUT2D eigenvalue weighted by Crippen LogP contribution is 2.41. The van der Waals surface area contributed by atoms with E-state index in [-0.39, 0.29) is 0 Å². The van der Waals surface area contributed by atoms with Gasteiger partial charge in [-0.1, -0.05) is 121 Å². The van der Waals surface area contributed by atoms with Gasteiger partial charge in [0.05, 0.1) is 0 Å². The number of furan rings is 2. The second kappa shape index (κ2) is 11.2. The van der Waals surface area contributed by atoms with E-state index in [9.17, 15) is 0 Å². The molecule has 3 aromatic heterocycles. The molecule has 242 valence electrons. The molecular weight excluding hydrogens is 639 g/mol. The van der Waals surface area contributed by atoms with Crippen molar-refractivity contribution in [2.45, 2.75) is 0 Å². The molecule has 0 spiro atoms. The Kier molecular flexibility index (Phi) is 6.18. The van der Waals surface area contributed by atoms with Crippen molar-refractivity contribution < 1.29 is 8.83 Å². The van der Waals surface area contributed by atoms with Crippen LogP contribution >= 0.6 is 0 Å². The summed E-state index contributed by atoms with van der Waals surface area (Å²) in [6, 6.07) is 56.4. The number of nitrogens with zero attached hydrogens (tertiary/aromatic N) is 3. The Morgan fingerprint density at radius 2 is 0.827 bits per heavy atom. The highest BCUT2D eigenvalue weighted by atomic mass is 16.3. The van der Waals surface area contributed by atoms with E-state index in [4.69, 9.17) is 23.8 Å². The Labute approximate surface area is 297 Å². The quantitative estimate of drug-likeness (QED) is 0.187. The average molecular weight is 666 g/mol. The summed E-state index contributed by atoms with van der Waals surface area (Å²) in [5.74, 6) is 1.73. The minimum Gasteiger partial charge on any atom is -0.456 e. The van der Waals surface area contributed by atoms with E-state index < -0.39 is 0 Å². The third-order valence-corrected chi connectivity index (χ3v) is 10.1. The molecule has 0 atom stereocenters. The van der Waals surface area contributed by atoms with Crippen LogP contribution < -0.4 is 0 Å². The van der Waals surface area contributed by atoms with Gasteiger partial charge in [0.2, 0.25) is 0 Å².